The zero-order chi connectivity index (χ0) is 23.1. The Morgan fingerprint density at radius 2 is 1.82 bits per heavy atom. The van der Waals surface area contributed by atoms with Crippen LogP contribution in [0.5, 0.6) is 5.75 Å². The SMILES string of the molecule is Cc1ccc(-n2nc3c(c2-n2cccc2)CN(C(=O)COc2ccc(Cl)cc2Cl)C3)cc1C. The zero-order valence-corrected chi connectivity index (χ0v) is 19.8. The van der Waals surface area contributed by atoms with Crippen LogP contribution in [-0.4, -0.2) is 31.8 Å². The van der Waals surface area contributed by atoms with Crippen molar-refractivity contribution >= 4 is 29.1 Å². The third kappa shape index (κ3) is 4.12. The highest BCUT2D eigenvalue weighted by molar-refractivity contribution is 6.35. The fraction of sp³-hybridized carbons (Fsp3) is 0.200. The van der Waals surface area contributed by atoms with Crippen LogP contribution in [0, 0.1) is 13.8 Å². The highest BCUT2D eigenvalue weighted by atomic mass is 35.5. The van der Waals surface area contributed by atoms with Crippen molar-refractivity contribution in [2.24, 2.45) is 0 Å². The van der Waals surface area contributed by atoms with Gasteiger partial charge in [-0.3, -0.25) is 4.79 Å². The molecule has 0 N–H and O–H groups in total. The standard InChI is InChI=1S/C25H22Cl2N4O2/c1-16-5-7-19(11-17(16)2)31-25(29-9-3-4-10-29)20-13-30(14-22(20)28-31)24(32)15-33-23-8-6-18(26)12-21(23)27/h3-12H,13-15H2,1-2H3. The summed E-state index contributed by atoms with van der Waals surface area (Å²) in [4.78, 5) is 14.6. The van der Waals surface area contributed by atoms with Gasteiger partial charge in [0.15, 0.2) is 6.61 Å². The molecule has 33 heavy (non-hydrogen) atoms. The number of fused-ring (bicyclic) bond motifs is 1. The lowest BCUT2D eigenvalue weighted by atomic mass is 10.1. The number of amides is 1. The van der Waals surface area contributed by atoms with Crippen LogP contribution < -0.4 is 4.74 Å². The summed E-state index contributed by atoms with van der Waals surface area (Å²) in [5.74, 6) is 1.24. The van der Waals surface area contributed by atoms with Crippen molar-refractivity contribution in [2.75, 3.05) is 6.61 Å². The Balaban J connectivity index is 1.40. The number of benzene rings is 2. The number of aryl methyl sites for hydroxylation is 2. The first-order valence-electron chi connectivity index (χ1n) is 10.6. The first-order chi connectivity index (χ1) is 15.9. The van der Waals surface area contributed by atoms with Crippen LogP contribution in [0.3, 0.4) is 0 Å². The van der Waals surface area contributed by atoms with E-state index >= 15 is 0 Å². The minimum Gasteiger partial charge on any atom is -0.482 e. The van der Waals surface area contributed by atoms with Crippen LogP contribution in [0.4, 0.5) is 0 Å². The van der Waals surface area contributed by atoms with Gasteiger partial charge in [0.05, 0.1) is 29.5 Å². The van der Waals surface area contributed by atoms with Crippen LogP contribution in [0.15, 0.2) is 60.9 Å². The lowest BCUT2D eigenvalue weighted by molar-refractivity contribution is -0.134. The molecule has 0 aliphatic carbocycles. The average molecular weight is 481 g/mol. The Morgan fingerprint density at radius 3 is 2.55 bits per heavy atom. The molecule has 3 heterocycles. The van der Waals surface area contributed by atoms with E-state index in [0.717, 1.165) is 22.8 Å². The molecule has 2 aromatic carbocycles. The normalized spacial score (nSPS) is 12.8. The minimum atomic E-state index is -0.129. The zero-order valence-electron chi connectivity index (χ0n) is 18.3. The van der Waals surface area contributed by atoms with Crippen LogP contribution in [-0.2, 0) is 17.9 Å². The topological polar surface area (TPSA) is 52.3 Å². The summed E-state index contributed by atoms with van der Waals surface area (Å²) in [5, 5.41) is 5.78. The fourth-order valence-electron chi connectivity index (χ4n) is 3.98. The highest BCUT2D eigenvalue weighted by Gasteiger charge is 2.31. The molecule has 1 aliphatic heterocycles. The summed E-state index contributed by atoms with van der Waals surface area (Å²) in [6, 6.07) is 15.2. The second-order valence-electron chi connectivity index (χ2n) is 8.13. The van der Waals surface area contributed by atoms with Gasteiger partial charge in [-0.25, -0.2) is 4.68 Å². The van der Waals surface area contributed by atoms with E-state index in [2.05, 4.69) is 32.0 Å². The molecule has 5 rings (SSSR count). The summed E-state index contributed by atoms with van der Waals surface area (Å²) >= 11 is 12.1. The quantitative estimate of drug-likeness (QED) is 0.378. The number of carbonyl (C=O) groups excluding carboxylic acids is 1. The summed E-state index contributed by atoms with van der Waals surface area (Å²) in [7, 11) is 0. The maximum Gasteiger partial charge on any atom is 0.261 e. The predicted octanol–water partition coefficient (Wildman–Crippen LogP) is 5.51. The van der Waals surface area contributed by atoms with E-state index in [4.69, 9.17) is 33.0 Å². The number of hydrogen-bond acceptors (Lipinski definition) is 3. The van der Waals surface area contributed by atoms with Crippen molar-refractivity contribution in [3.05, 3.63) is 93.4 Å². The molecular weight excluding hydrogens is 459 g/mol. The average Bonchev–Trinajstić information content (AvgIpc) is 3.51. The molecule has 0 saturated carbocycles. The molecule has 0 unspecified atom stereocenters. The van der Waals surface area contributed by atoms with Gasteiger partial charge in [0, 0.05) is 23.0 Å². The minimum absolute atomic E-state index is 0.109. The molecule has 2 aromatic heterocycles. The summed E-state index contributed by atoms with van der Waals surface area (Å²) < 4.78 is 9.65. The van der Waals surface area contributed by atoms with E-state index in [-0.39, 0.29) is 12.5 Å². The van der Waals surface area contributed by atoms with E-state index in [1.54, 1.807) is 23.1 Å². The molecule has 1 amide bonds. The smallest absolute Gasteiger partial charge is 0.261 e. The number of rotatable bonds is 5. The monoisotopic (exact) mass is 480 g/mol. The Hall–Kier alpha value is -3.22. The van der Waals surface area contributed by atoms with Gasteiger partial charge in [-0.2, -0.15) is 5.10 Å². The molecule has 0 fully saturated rings. The van der Waals surface area contributed by atoms with Crippen molar-refractivity contribution in [3.63, 3.8) is 0 Å². The molecule has 0 radical (unpaired) electrons. The number of halogens is 2. The predicted molar refractivity (Wildman–Crippen MR) is 129 cm³/mol. The Labute approximate surface area is 201 Å². The lowest BCUT2D eigenvalue weighted by Crippen LogP contribution is -2.31. The number of carbonyl (C=O) groups is 1. The van der Waals surface area contributed by atoms with Crippen molar-refractivity contribution < 1.29 is 9.53 Å². The van der Waals surface area contributed by atoms with E-state index in [0.29, 0.717) is 28.9 Å². The molecule has 1 aliphatic rings. The Morgan fingerprint density at radius 1 is 1.03 bits per heavy atom. The second kappa shape index (κ2) is 8.61. The van der Waals surface area contributed by atoms with Crippen molar-refractivity contribution in [1.29, 1.82) is 0 Å². The Bertz CT molecular complexity index is 1340. The van der Waals surface area contributed by atoms with Crippen LogP contribution >= 0.6 is 23.2 Å². The first kappa shape index (κ1) is 21.6. The van der Waals surface area contributed by atoms with Gasteiger partial charge in [-0.15, -0.1) is 0 Å². The molecule has 0 saturated heterocycles. The van der Waals surface area contributed by atoms with E-state index < -0.39 is 0 Å². The van der Waals surface area contributed by atoms with Gasteiger partial charge in [0.25, 0.3) is 5.91 Å². The maximum atomic E-state index is 12.9. The third-order valence-corrected chi connectivity index (χ3v) is 6.44. The number of ether oxygens (including phenoxy) is 1. The van der Waals surface area contributed by atoms with Gasteiger partial charge < -0.3 is 14.2 Å². The largest absolute Gasteiger partial charge is 0.482 e. The Kier molecular flexibility index (Phi) is 5.64. The molecule has 6 nitrogen and oxygen atoms in total. The molecule has 0 bridgehead atoms. The number of nitrogens with zero attached hydrogens (tertiary/aromatic N) is 4. The molecule has 8 heteroatoms. The van der Waals surface area contributed by atoms with Gasteiger partial charge in [0.2, 0.25) is 0 Å². The van der Waals surface area contributed by atoms with E-state index in [1.807, 2.05) is 33.8 Å². The third-order valence-electron chi connectivity index (χ3n) is 5.91. The van der Waals surface area contributed by atoms with Crippen LogP contribution in [0.25, 0.3) is 11.5 Å². The maximum absolute atomic E-state index is 12.9. The van der Waals surface area contributed by atoms with E-state index in [9.17, 15) is 4.79 Å². The summed E-state index contributed by atoms with van der Waals surface area (Å²) in [6.45, 7) is 4.97. The molecule has 168 valence electrons. The molecular formula is C25H22Cl2N4O2. The summed E-state index contributed by atoms with van der Waals surface area (Å²) in [5.41, 5.74) is 5.35. The van der Waals surface area contributed by atoms with Crippen molar-refractivity contribution in [3.8, 4) is 17.3 Å². The van der Waals surface area contributed by atoms with Crippen LogP contribution in [0.2, 0.25) is 10.0 Å². The summed E-state index contributed by atoms with van der Waals surface area (Å²) in [6.07, 6.45) is 3.98. The second-order valence-corrected chi connectivity index (χ2v) is 8.98. The van der Waals surface area contributed by atoms with E-state index in [1.165, 1.54) is 11.1 Å². The van der Waals surface area contributed by atoms with Crippen molar-refractivity contribution in [2.45, 2.75) is 26.9 Å². The van der Waals surface area contributed by atoms with Gasteiger partial charge in [0.1, 0.15) is 11.6 Å². The van der Waals surface area contributed by atoms with Gasteiger partial charge in [-0.1, -0.05) is 29.3 Å². The molecule has 0 spiro atoms. The first-order valence-corrected chi connectivity index (χ1v) is 11.3. The van der Waals surface area contributed by atoms with Gasteiger partial charge >= 0.3 is 0 Å². The number of hydrogen-bond donors (Lipinski definition) is 0. The molecule has 4 aromatic rings. The lowest BCUT2D eigenvalue weighted by Gasteiger charge is -2.18. The number of aromatic nitrogens is 3. The van der Waals surface area contributed by atoms with Crippen LogP contribution in [0.1, 0.15) is 22.4 Å². The highest BCUT2D eigenvalue weighted by Crippen LogP contribution is 2.32. The molecule has 0 atom stereocenters. The van der Waals surface area contributed by atoms with Gasteiger partial charge in [-0.05, 0) is 67.4 Å². The van der Waals surface area contributed by atoms with Crippen molar-refractivity contribution in [1.82, 2.24) is 19.2 Å². The fourth-order valence-corrected chi connectivity index (χ4v) is 4.44.